The van der Waals surface area contributed by atoms with Gasteiger partial charge in [-0.3, -0.25) is 5.41 Å². The molecule has 2 aliphatic carbocycles. The summed E-state index contributed by atoms with van der Waals surface area (Å²) in [4.78, 5) is 28.1. The minimum atomic E-state index is -1.07. The maximum absolute atomic E-state index is 11.4. The molecule has 2 aromatic heterocycles. The number of benzene rings is 1. The highest BCUT2D eigenvalue weighted by Gasteiger charge is 2.57. The number of nitrogens with zero attached hydrogens (tertiary/aromatic N) is 5. The van der Waals surface area contributed by atoms with E-state index in [-0.39, 0.29) is 11.2 Å². The molecule has 1 spiro atoms. The van der Waals surface area contributed by atoms with E-state index in [1.807, 2.05) is 25.1 Å². The van der Waals surface area contributed by atoms with Gasteiger partial charge in [0.15, 0.2) is 5.65 Å². The predicted molar refractivity (Wildman–Crippen MR) is 140 cm³/mol. The number of amides is 1. The van der Waals surface area contributed by atoms with Gasteiger partial charge in [-0.15, -0.1) is 0 Å². The first-order valence-corrected chi connectivity index (χ1v) is 13.1. The molecule has 0 radical (unpaired) electrons. The monoisotopic (exact) mass is 503 g/mol. The molecule has 1 aliphatic heterocycles. The summed E-state index contributed by atoms with van der Waals surface area (Å²) >= 11 is 0. The van der Waals surface area contributed by atoms with Gasteiger partial charge < -0.3 is 24.7 Å². The number of carbonyl (C=O) groups is 1. The summed E-state index contributed by atoms with van der Waals surface area (Å²) < 4.78 is 12.9. The first kappa shape index (κ1) is 23.8. The van der Waals surface area contributed by atoms with E-state index in [1.165, 1.54) is 25.7 Å². The van der Waals surface area contributed by atoms with Crippen LogP contribution in [0.2, 0.25) is 0 Å². The molecule has 1 unspecified atom stereocenters. The molecule has 194 valence electrons. The van der Waals surface area contributed by atoms with Crippen molar-refractivity contribution >= 4 is 29.1 Å². The van der Waals surface area contributed by atoms with Gasteiger partial charge in [0, 0.05) is 24.7 Å². The fraction of sp³-hybridized carbons (Fsp3) is 0.519. The Morgan fingerprint density at radius 2 is 1.95 bits per heavy atom. The van der Waals surface area contributed by atoms with E-state index in [4.69, 9.17) is 30.6 Å². The minimum absolute atomic E-state index is 0.0158. The van der Waals surface area contributed by atoms with Crippen molar-refractivity contribution in [1.29, 1.82) is 5.41 Å². The number of carbonyl (C=O) groups excluding carboxylic acids is 1. The molecule has 3 aliphatic rings. The number of aromatic nitrogens is 4. The van der Waals surface area contributed by atoms with E-state index >= 15 is 0 Å². The summed E-state index contributed by atoms with van der Waals surface area (Å²) in [5, 5.41) is 8.25. The molecule has 1 amide bonds. The zero-order valence-electron chi connectivity index (χ0n) is 21.4. The third-order valence-electron chi connectivity index (χ3n) is 8.25. The molecule has 1 atom stereocenters. The van der Waals surface area contributed by atoms with Gasteiger partial charge in [-0.05, 0) is 43.6 Å². The predicted octanol–water partition coefficient (Wildman–Crippen LogP) is 4.20. The van der Waals surface area contributed by atoms with Crippen molar-refractivity contribution in [2.75, 3.05) is 31.2 Å². The van der Waals surface area contributed by atoms with Crippen molar-refractivity contribution in [2.24, 2.45) is 17.1 Å². The maximum Gasteiger partial charge on any atom is 0.411 e. The number of fused-ring (bicyclic) bond motifs is 1. The lowest BCUT2D eigenvalue weighted by Crippen LogP contribution is -2.38. The van der Waals surface area contributed by atoms with Crippen LogP contribution in [0.3, 0.4) is 0 Å². The van der Waals surface area contributed by atoms with E-state index in [1.54, 1.807) is 0 Å². The van der Waals surface area contributed by atoms with Crippen LogP contribution in [0.25, 0.3) is 22.4 Å². The smallest absolute Gasteiger partial charge is 0.388 e. The summed E-state index contributed by atoms with van der Waals surface area (Å²) in [5.41, 5.74) is 9.50. The number of ether oxygens (including phenoxy) is 2. The third-order valence-corrected chi connectivity index (χ3v) is 8.25. The van der Waals surface area contributed by atoms with Crippen molar-refractivity contribution in [1.82, 2.24) is 19.5 Å². The van der Waals surface area contributed by atoms with E-state index in [2.05, 4.69) is 27.4 Å². The van der Waals surface area contributed by atoms with Gasteiger partial charge in [-0.25, -0.2) is 14.8 Å². The van der Waals surface area contributed by atoms with Crippen LogP contribution < -0.4 is 10.6 Å². The SMILES string of the molecule is Cc1cccc(-c2nc(C(=N)OC(N)=O)nc3nc(N4CCOCC4)n(C4CC45CCC(C)CC5)c23)c1. The Balaban J connectivity index is 1.56. The Morgan fingerprint density at radius 1 is 1.19 bits per heavy atom. The molecule has 3 heterocycles. The first-order chi connectivity index (χ1) is 17.8. The van der Waals surface area contributed by atoms with Gasteiger partial charge in [0.1, 0.15) is 11.2 Å². The quantitative estimate of drug-likeness (QED) is 0.403. The lowest BCUT2D eigenvalue weighted by Gasteiger charge is -2.31. The molecule has 10 nitrogen and oxygen atoms in total. The summed E-state index contributed by atoms with van der Waals surface area (Å²) in [5.74, 6) is 1.14. The topological polar surface area (TPSA) is 132 Å². The van der Waals surface area contributed by atoms with Crippen molar-refractivity contribution in [3.8, 4) is 11.3 Å². The second kappa shape index (κ2) is 9.09. The Kier molecular flexibility index (Phi) is 5.86. The fourth-order valence-electron chi connectivity index (χ4n) is 6.08. The Labute approximate surface area is 215 Å². The minimum Gasteiger partial charge on any atom is -0.388 e. The molecule has 3 fully saturated rings. The molecule has 2 saturated carbocycles. The largest absolute Gasteiger partial charge is 0.411 e. The standard InChI is InChI=1S/C27H33N7O3/c1-16-6-8-27(9-7-16)15-19(27)34-21-20(18-5-3-4-17(2)14-18)30-24(22(28)37-25(29)35)31-23(21)32-26(34)33-10-12-36-13-11-33/h3-5,14,16,19,28H,6-13,15H2,1-2H3,(H2,29,35). The van der Waals surface area contributed by atoms with Gasteiger partial charge in [0.2, 0.25) is 11.8 Å². The van der Waals surface area contributed by atoms with E-state index in [9.17, 15) is 4.79 Å². The highest BCUT2D eigenvalue weighted by atomic mass is 16.6. The number of nitrogens with one attached hydrogen (secondary N) is 1. The summed E-state index contributed by atoms with van der Waals surface area (Å²) in [6.45, 7) is 7.19. The lowest BCUT2D eigenvalue weighted by atomic mass is 9.80. The van der Waals surface area contributed by atoms with E-state index in [0.29, 0.717) is 30.6 Å². The molecular weight excluding hydrogens is 470 g/mol. The Morgan fingerprint density at radius 3 is 2.65 bits per heavy atom. The number of rotatable bonds is 4. The molecule has 3 N–H and O–H groups in total. The molecule has 3 aromatic rings. The van der Waals surface area contributed by atoms with Gasteiger partial charge in [-0.2, -0.15) is 4.98 Å². The van der Waals surface area contributed by atoms with Crippen LogP contribution in [-0.2, 0) is 9.47 Å². The Hall–Kier alpha value is -3.53. The van der Waals surface area contributed by atoms with Crippen molar-refractivity contribution in [3.63, 3.8) is 0 Å². The van der Waals surface area contributed by atoms with Crippen LogP contribution in [0.5, 0.6) is 0 Å². The number of nitrogens with two attached hydrogens (primary N) is 1. The zero-order valence-corrected chi connectivity index (χ0v) is 21.4. The number of imidazole rings is 1. The van der Waals surface area contributed by atoms with Crippen LogP contribution in [0, 0.1) is 23.7 Å². The third kappa shape index (κ3) is 4.33. The average Bonchev–Trinajstić information content (AvgIpc) is 3.44. The molecule has 37 heavy (non-hydrogen) atoms. The summed E-state index contributed by atoms with van der Waals surface area (Å²) in [6, 6.07) is 8.43. The van der Waals surface area contributed by atoms with Crippen molar-refractivity contribution < 1.29 is 14.3 Å². The molecule has 6 rings (SSSR count). The van der Waals surface area contributed by atoms with Gasteiger partial charge in [-0.1, -0.05) is 43.5 Å². The molecule has 10 heteroatoms. The number of hydrogen-bond acceptors (Lipinski definition) is 8. The molecular formula is C27H33N7O3. The van der Waals surface area contributed by atoms with E-state index < -0.39 is 12.0 Å². The number of morpholine rings is 1. The Bertz CT molecular complexity index is 1370. The number of primary amides is 1. The fourth-order valence-corrected chi connectivity index (χ4v) is 6.08. The summed E-state index contributed by atoms with van der Waals surface area (Å²) in [6.07, 6.45) is 4.99. The van der Waals surface area contributed by atoms with Crippen LogP contribution in [0.15, 0.2) is 24.3 Å². The maximum atomic E-state index is 11.4. The summed E-state index contributed by atoms with van der Waals surface area (Å²) in [7, 11) is 0. The normalized spacial score (nSPS) is 25.4. The van der Waals surface area contributed by atoms with Gasteiger partial charge >= 0.3 is 6.09 Å². The van der Waals surface area contributed by atoms with Crippen LogP contribution >= 0.6 is 0 Å². The first-order valence-electron chi connectivity index (χ1n) is 13.1. The second-order valence-corrected chi connectivity index (χ2v) is 10.8. The van der Waals surface area contributed by atoms with Crippen LogP contribution in [-0.4, -0.2) is 57.8 Å². The second-order valence-electron chi connectivity index (χ2n) is 10.8. The average molecular weight is 504 g/mol. The highest BCUT2D eigenvalue weighted by molar-refractivity contribution is 5.98. The zero-order chi connectivity index (χ0) is 25.7. The van der Waals surface area contributed by atoms with Gasteiger partial charge in [0.05, 0.1) is 13.2 Å². The highest BCUT2D eigenvalue weighted by Crippen LogP contribution is 2.66. The molecule has 0 bridgehead atoms. The number of anilines is 1. The number of hydrogen-bond donors (Lipinski definition) is 2. The molecule has 1 saturated heterocycles. The van der Waals surface area contributed by atoms with E-state index in [0.717, 1.165) is 48.0 Å². The van der Waals surface area contributed by atoms with Crippen molar-refractivity contribution in [3.05, 3.63) is 35.7 Å². The molecule has 1 aromatic carbocycles. The number of aryl methyl sites for hydroxylation is 1. The van der Waals surface area contributed by atoms with Crippen molar-refractivity contribution in [2.45, 2.75) is 52.0 Å². The van der Waals surface area contributed by atoms with Crippen LogP contribution in [0.4, 0.5) is 10.7 Å². The van der Waals surface area contributed by atoms with Crippen LogP contribution in [0.1, 0.15) is 56.5 Å². The lowest BCUT2D eigenvalue weighted by molar-refractivity contribution is 0.121. The van der Waals surface area contributed by atoms with Gasteiger partial charge in [0.25, 0.3) is 5.90 Å².